The Labute approximate surface area is 169 Å². The first-order valence-electron chi connectivity index (χ1n) is 8.68. The van der Waals surface area contributed by atoms with E-state index in [9.17, 15) is 14.4 Å². The normalized spacial score (nSPS) is 10.8. The highest BCUT2D eigenvalue weighted by molar-refractivity contribution is 7.17. The number of benzene rings is 1. The van der Waals surface area contributed by atoms with Gasteiger partial charge in [-0.25, -0.2) is 9.78 Å². The quantitative estimate of drug-likeness (QED) is 0.465. The number of hydrogen-bond donors (Lipinski definition) is 1. The van der Waals surface area contributed by atoms with E-state index in [1.807, 2.05) is 6.92 Å². The summed E-state index contributed by atoms with van der Waals surface area (Å²) in [6, 6.07) is 6.62. The van der Waals surface area contributed by atoms with Crippen molar-refractivity contribution >= 4 is 50.7 Å². The smallest absolute Gasteiger partial charge is 0.339 e. The SMILES string of the molecule is CCCCOC(=O)c1csc2ncn(CC(=O)Nc3ccc(Cl)cc3)c(=O)c12. The highest BCUT2D eigenvalue weighted by Crippen LogP contribution is 2.21. The Morgan fingerprint density at radius 2 is 2.04 bits per heavy atom. The average molecular weight is 420 g/mol. The van der Waals surface area contributed by atoms with Gasteiger partial charge in [0.2, 0.25) is 5.91 Å². The number of hydrogen-bond acceptors (Lipinski definition) is 6. The third-order valence-corrected chi connectivity index (χ3v) is 5.09. The molecule has 0 spiro atoms. The van der Waals surface area contributed by atoms with Crippen LogP contribution < -0.4 is 10.9 Å². The summed E-state index contributed by atoms with van der Waals surface area (Å²) in [5.74, 6) is -0.949. The number of thiophene rings is 1. The molecule has 0 radical (unpaired) electrons. The number of halogens is 1. The van der Waals surface area contributed by atoms with Gasteiger partial charge < -0.3 is 10.1 Å². The van der Waals surface area contributed by atoms with Crippen molar-refractivity contribution in [3.05, 3.63) is 56.9 Å². The zero-order chi connectivity index (χ0) is 20.1. The number of rotatable bonds is 7. The lowest BCUT2D eigenvalue weighted by atomic mass is 10.2. The van der Waals surface area contributed by atoms with Crippen LogP contribution in [0.4, 0.5) is 5.69 Å². The number of carbonyl (C=O) groups is 2. The van der Waals surface area contributed by atoms with Crippen LogP contribution in [0.2, 0.25) is 5.02 Å². The van der Waals surface area contributed by atoms with E-state index in [0.717, 1.165) is 12.8 Å². The van der Waals surface area contributed by atoms with E-state index >= 15 is 0 Å². The first-order valence-corrected chi connectivity index (χ1v) is 9.94. The maximum absolute atomic E-state index is 12.8. The van der Waals surface area contributed by atoms with Gasteiger partial charge >= 0.3 is 5.97 Å². The summed E-state index contributed by atoms with van der Waals surface area (Å²) in [5, 5.41) is 4.97. The molecule has 0 aliphatic rings. The van der Waals surface area contributed by atoms with Crippen LogP contribution in [-0.4, -0.2) is 28.0 Å². The van der Waals surface area contributed by atoms with E-state index in [2.05, 4.69) is 10.3 Å². The summed E-state index contributed by atoms with van der Waals surface area (Å²) in [6.07, 6.45) is 2.95. The predicted molar refractivity (Wildman–Crippen MR) is 109 cm³/mol. The largest absolute Gasteiger partial charge is 0.462 e. The van der Waals surface area contributed by atoms with Crippen LogP contribution in [0.1, 0.15) is 30.1 Å². The van der Waals surface area contributed by atoms with Crippen LogP contribution in [0.25, 0.3) is 10.2 Å². The molecule has 146 valence electrons. The van der Waals surface area contributed by atoms with Crippen LogP contribution in [0.5, 0.6) is 0 Å². The minimum Gasteiger partial charge on any atom is -0.462 e. The van der Waals surface area contributed by atoms with Crippen molar-refractivity contribution in [1.29, 1.82) is 0 Å². The van der Waals surface area contributed by atoms with Gasteiger partial charge in [-0.2, -0.15) is 0 Å². The summed E-state index contributed by atoms with van der Waals surface area (Å²) in [4.78, 5) is 42.0. The standard InChI is InChI=1S/C19H18ClN3O4S/c1-2-3-8-27-19(26)14-10-28-17-16(14)18(25)23(11-21-17)9-15(24)22-13-6-4-12(20)5-7-13/h4-7,10-11H,2-3,8-9H2,1H3,(H,22,24). The number of nitrogens with one attached hydrogen (secondary N) is 1. The van der Waals surface area contributed by atoms with E-state index in [4.69, 9.17) is 16.3 Å². The Kier molecular flexibility index (Phi) is 6.43. The number of carbonyl (C=O) groups excluding carboxylic acids is 2. The van der Waals surface area contributed by atoms with Gasteiger partial charge in [0, 0.05) is 16.1 Å². The van der Waals surface area contributed by atoms with Crippen LogP contribution >= 0.6 is 22.9 Å². The fraction of sp³-hybridized carbons (Fsp3) is 0.263. The molecular weight excluding hydrogens is 402 g/mol. The topological polar surface area (TPSA) is 90.3 Å². The highest BCUT2D eigenvalue weighted by Gasteiger charge is 2.19. The molecule has 0 aliphatic carbocycles. The van der Waals surface area contributed by atoms with E-state index in [0.29, 0.717) is 22.1 Å². The third-order valence-electron chi connectivity index (χ3n) is 3.95. The fourth-order valence-electron chi connectivity index (χ4n) is 2.51. The molecule has 2 heterocycles. The van der Waals surface area contributed by atoms with Crippen molar-refractivity contribution in [2.45, 2.75) is 26.3 Å². The molecule has 1 aromatic carbocycles. The maximum atomic E-state index is 12.8. The number of unbranched alkanes of at least 4 members (excludes halogenated alkanes) is 1. The van der Waals surface area contributed by atoms with Crippen LogP contribution in [0.15, 0.2) is 40.8 Å². The zero-order valence-corrected chi connectivity index (χ0v) is 16.7. The van der Waals surface area contributed by atoms with Gasteiger partial charge in [0.1, 0.15) is 11.4 Å². The Bertz CT molecular complexity index is 1060. The minimum absolute atomic E-state index is 0.174. The molecule has 1 N–H and O–H groups in total. The predicted octanol–water partition coefficient (Wildman–Crippen LogP) is 3.71. The molecule has 0 fully saturated rings. The monoisotopic (exact) mass is 419 g/mol. The summed E-state index contributed by atoms with van der Waals surface area (Å²) >= 11 is 7.01. The van der Waals surface area contributed by atoms with Crippen molar-refractivity contribution in [3.63, 3.8) is 0 Å². The van der Waals surface area contributed by atoms with Crippen molar-refractivity contribution in [3.8, 4) is 0 Å². The summed E-state index contributed by atoms with van der Waals surface area (Å²) in [6.45, 7) is 2.06. The Balaban J connectivity index is 1.80. The molecule has 0 atom stereocenters. The molecule has 3 rings (SSSR count). The van der Waals surface area contributed by atoms with Gasteiger partial charge in [0.05, 0.1) is 23.9 Å². The first kappa shape index (κ1) is 20.0. The van der Waals surface area contributed by atoms with Crippen LogP contribution in [0, 0.1) is 0 Å². The molecule has 0 aliphatic heterocycles. The van der Waals surface area contributed by atoms with E-state index in [-0.39, 0.29) is 17.5 Å². The summed E-state index contributed by atoms with van der Waals surface area (Å²) < 4.78 is 6.37. The molecule has 28 heavy (non-hydrogen) atoms. The molecule has 9 heteroatoms. The highest BCUT2D eigenvalue weighted by atomic mass is 35.5. The van der Waals surface area contributed by atoms with Crippen molar-refractivity contribution in [2.75, 3.05) is 11.9 Å². The van der Waals surface area contributed by atoms with E-state index in [1.54, 1.807) is 29.6 Å². The second-order valence-electron chi connectivity index (χ2n) is 6.05. The molecule has 1 amide bonds. The van der Waals surface area contributed by atoms with Gasteiger partial charge in [-0.1, -0.05) is 24.9 Å². The molecule has 0 bridgehead atoms. The number of fused-ring (bicyclic) bond motifs is 1. The molecule has 3 aromatic rings. The summed E-state index contributed by atoms with van der Waals surface area (Å²) in [5.41, 5.74) is 0.285. The first-order chi connectivity index (χ1) is 13.5. The second kappa shape index (κ2) is 8.99. The lowest BCUT2D eigenvalue weighted by Crippen LogP contribution is -2.28. The van der Waals surface area contributed by atoms with Gasteiger partial charge in [-0.05, 0) is 30.7 Å². The fourth-order valence-corrected chi connectivity index (χ4v) is 3.50. The molecular formula is C19H18ClN3O4S. The lowest BCUT2D eigenvalue weighted by Gasteiger charge is -2.08. The Hall–Kier alpha value is -2.71. The van der Waals surface area contributed by atoms with Crippen LogP contribution in [0.3, 0.4) is 0 Å². The Morgan fingerprint density at radius 3 is 2.75 bits per heavy atom. The number of aromatic nitrogens is 2. The molecule has 2 aromatic heterocycles. The number of esters is 1. The van der Waals surface area contributed by atoms with E-state index in [1.165, 1.54) is 22.2 Å². The number of amides is 1. The minimum atomic E-state index is -0.554. The van der Waals surface area contributed by atoms with Crippen molar-refractivity contribution < 1.29 is 14.3 Å². The van der Waals surface area contributed by atoms with Gasteiger partial charge in [-0.15, -0.1) is 11.3 Å². The molecule has 0 saturated carbocycles. The average Bonchev–Trinajstić information content (AvgIpc) is 3.11. The van der Waals surface area contributed by atoms with Gasteiger partial charge in [0.15, 0.2) is 0 Å². The van der Waals surface area contributed by atoms with Crippen LogP contribution in [-0.2, 0) is 16.1 Å². The number of ether oxygens (including phenoxy) is 1. The van der Waals surface area contributed by atoms with E-state index < -0.39 is 17.4 Å². The lowest BCUT2D eigenvalue weighted by molar-refractivity contribution is -0.116. The van der Waals surface area contributed by atoms with Crippen molar-refractivity contribution in [1.82, 2.24) is 9.55 Å². The molecule has 0 saturated heterocycles. The number of anilines is 1. The second-order valence-corrected chi connectivity index (χ2v) is 7.35. The Morgan fingerprint density at radius 1 is 1.29 bits per heavy atom. The third kappa shape index (κ3) is 4.58. The summed E-state index contributed by atoms with van der Waals surface area (Å²) in [7, 11) is 0. The molecule has 0 unspecified atom stereocenters. The van der Waals surface area contributed by atoms with Gasteiger partial charge in [0.25, 0.3) is 5.56 Å². The van der Waals surface area contributed by atoms with Gasteiger partial charge in [-0.3, -0.25) is 14.2 Å². The maximum Gasteiger partial charge on any atom is 0.339 e. The number of nitrogens with zero attached hydrogens (tertiary/aromatic N) is 2. The zero-order valence-electron chi connectivity index (χ0n) is 15.1. The molecule has 7 nitrogen and oxygen atoms in total. The van der Waals surface area contributed by atoms with Crippen molar-refractivity contribution in [2.24, 2.45) is 0 Å².